The first-order chi connectivity index (χ1) is 1.91. The van der Waals surface area contributed by atoms with Crippen LogP contribution in [-0.4, -0.2) is 4.92 Å². The zero-order valence-electron chi connectivity index (χ0n) is 2.44. The van der Waals surface area contributed by atoms with Crippen molar-refractivity contribution in [2.75, 3.05) is 0 Å². The van der Waals surface area contributed by atoms with Gasteiger partial charge in [0.15, 0.2) is 0 Å². The van der Waals surface area contributed by atoms with E-state index in [-0.39, 0.29) is 17.1 Å². The Bertz CT molecular complexity index is 25.9. The van der Waals surface area contributed by atoms with Crippen LogP contribution < -0.4 is 0 Å². The Morgan fingerprint density at radius 1 is 1.60 bits per heavy atom. The van der Waals surface area contributed by atoms with E-state index in [0.29, 0.717) is 0 Å². The molecule has 5 heavy (non-hydrogen) atoms. The van der Waals surface area contributed by atoms with Gasteiger partial charge in [-0.15, -0.1) is 0 Å². The Labute approximate surface area is 50.5 Å². The first-order valence-corrected chi connectivity index (χ1v) is 1.51. The number of allylic oxidation sites excluding steroid dienone is 1. The molecule has 0 aliphatic carbocycles. The molecule has 0 rings (SSSR count). The first kappa shape index (κ1) is 9.17. The average molecular weight is 151 g/mol. The van der Waals surface area contributed by atoms with Crippen LogP contribution in [0.2, 0.25) is 0 Å². The van der Waals surface area contributed by atoms with E-state index in [4.69, 9.17) is 6.58 Å². The summed E-state index contributed by atoms with van der Waals surface area (Å²) in [6.07, 6.45) is 1.39. The number of rotatable bonds is 1. The molecule has 0 aliphatic heterocycles. The van der Waals surface area contributed by atoms with Gasteiger partial charge in [-0.2, -0.15) is 0 Å². The molecule has 0 aromatic rings. The fraction of sp³-hybridized carbons (Fsp3) is 0. The summed E-state index contributed by atoms with van der Waals surface area (Å²) in [5.41, 5.74) is 0. The molecule has 0 atom stereocenters. The summed E-state index contributed by atoms with van der Waals surface area (Å²) < 4.78 is 0. The van der Waals surface area contributed by atoms with Crippen molar-refractivity contribution in [3.05, 3.63) is 12.7 Å². The van der Waals surface area contributed by atoms with Crippen LogP contribution in [-0.2, 0) is 32.6 Å². The zero-order chi connectivity index (χ0) is 3.41. The van der Waals surface area contributed by atoms with E-state index in [2.05, 4.69) is 15.6 Å². The van der Waals surface area contributed by atoms with Gasteiger partial charge in [0.05, 0.1) is 0 Å². The molecular weight excluding hydrogens is 148 g/mol. The van der Waals surface area contributed by atoms with Crippen molar-refractivity contribution in [2.45, 2.75) is 0 Å². The zero-order valence-corrected chi connectivity index (χ0v) is 4.65. The Morgan fingerprint density at radius 2 is 1.80 bits per heavy atom. The maximum absolute atomic E-state index is 4.78. The Kier molecular flexibility index (Phi) is 16.2. The molecule has 0 saturated carbocycles. The van der Waals surface area contributed by atoms with Gasteiger partial charge in [0.1, 0.15) is 0 Å². The van der Waals surface area contributed by atoms with E-state index in [1.807, 2.05) is 0 Å². The fourth-order valence-corrected chi connectivity index (χ4v) is 0. The largest absolute Gasteiger partial charge is 0 e. The summed E-state index contributed by atoms with van der Waals surface area (Å²) in [6.45, 7) is 4.78. The molecule has 0 aliphatic rings. The normalized spacial score (nSPS) is 4.20. The van der Waals surface area contributed by atoms with E-state index >= 15 is 0 Å². The fourth-order valence-electron chi connectivity index (χ4n) is 0. The second-order valence-electron chi connectivity index (χ2n) is 0.310. The van der Waals surface area contributed by atoms with E-state index < -0.39 is 0 Å². The predicted octanol–water partition coefficient (Wildman–Crippen LogP) is 0.322. The average Bonchev–Trinajstić information content (AvgIpc) is 1.37. The Hall–Kier alpha value is 0.649. The van der Waals surface area contributed by atoms with E-state index in [1.54, 1.807) is 0 Å². The van der Waals surface area contributed by atoms with E-state index in [0.717, 1.165) is 0 Å². The van der Waals surface area contributed by atoms with Gasteiger partial charge >= 0.3 is 33.2 Å². The maximum Gasteiger partial charge on any atom is 0 e. The second kappa shape index (κ2) is 8.82. The Balaban J connectivity index is 0. The van der Waals surface area contributed by atoms with Crippen molar-refractivity contribution in [2.24, 2.45) is 0 Å². The Morgan fingerprint density at radius 3 is 1.80 bits per heavy atom. The van der Waals surface area contributed by atoms with Crippen molar-refractivity contribution in [1.82, 2.24) is 0 Å². The molecule has 2 heteroatoms. The maximum atomic E-state index is 4.78. The predicted molar refractivity (Wildman–Crippen MR) is 14.9 cm³/mol. The van der Waals surface area contributed by atoms with E-state index in [1.165, 1.54) is 11.0 Å². The van der Waals surface area contributed by atoms with Crippen LogP contribution >= 0.6 is 0 Å². The molecule has 0 radical (unpaired) electrons. The third-order valence-electron chi connectivity index (χ3n) is 0.0680. The van der Waals surface area contributed by atoms with Crippen LogP contribution in [0, 0.1) is 6.58 Å². The van der Waals surface area contributed by atoms with Gasteiger partial charge in [-0.05, 0) is 0 Å². The standard InChI is InChI=1S/C3H3.2Fe/c1-3-2;;/h1-3H;;/q-1;;. The summed E-state index contributed by atoms with van der Waals surface area (Å²) in [5.74, 6) is 0. The minimum Gasteiger partial charge on any atom is 0 e. The molecule has 0 aromatic heterocycles. The second-order valence-corrected chi connectivity index (χ2v) is 0.678. The smallest absolute Gasteiger partial charge is 0 e. The van der Waals surface area contributed by atoms with Crippen LogP contribution in [0.15, 0.2) is 6.08 Å². The van der Waals surface area contributed by atoms with Crippen LogP contribution in [0.4, 0.5) is 0 Å². The molecule has 0 fully saturated rings. The summed E-state index contributed by atoms with van der Waals surface area (Å²) in [6, 6.07) is 0. The van der Waals surface area contributed by atoms with Crippen LogP contribution in [0.3, 0.4) is 0 Å². The van der Waals surface area contributed by atoms with Gasteiger partial charge in [-0.1, -0.05) is 0 Å². The minimum absolute atomic E-state index is 0. The molecule has 0 spiro atoms. The van der Waals surface area contributed by atoms with Gasteiger partial charge in [0.25, 0.3) is 0 Å². The number of hydrogen-bond donors (Lipinski definition) is 0. The molecule has 0 unspecified atom stereocenters. The molecule has 0 aromatic carbocycles. The monoisotopic (exact) mass is 151 g/mol. The van der Waals surface area contributed by atoms with Crippen LogP contribution in [0.25, 0.3) is 0 Å². The summed E-state index contributed by atoms with van der Waals surface area (Å²) in [4.78, 5) is 1.53. The SMILES string of the molecule is [CH-]=C[CH]=[Fe].[Fe]. The molecule has 0 N–H and O–H groups in total. The molecule has 0 amide bonds. The molecule has 0 bridgehead atoms. The van der Waals surface area contributed by atoms with Crippen LogP contribution in [0.5, 0.6) is 0 Å². The molecule has 0 saturated heterocycles. The van der Waals surface area contributed by atoms with Gasteiger partial charge in [-0.25, -0.2) is 0 Å². The van der Waals surface area contributed by atoms with Crippen molar-refractivity contribution in [3.8, 4) is 0 Å². The van der Waals surface area contributed by atoms with Gasteiger partial charge in [0, 0.05) is 17.1 Å². The summed E-state index contributed by atoms with van der Waals surface area (Å²) in [7, 11) is 0. The molecule has 0 heterocycles. The van der Waals surface area contributed by atoms with Crippen molar-refractivity contribution in [1.29, 1.82) is 0 Å². The first-order valence-electron chi connectivity index (χ1n) is 0.871. The summed E-state index contributed by atoms with van der Waals surface area (Å²) in [5, 5.41) is 0. The van der Waals surface area contributed by atoms with Gasteiger partial charge in [0.2, 0.25) is 0 Å². The minimum atomic E-state index is 0. The quantitative estimate of drug-likeness (QED) is 0.373. The molecule has 0 nitrogen and oxygen atoms in total. The topological polar surface area (TPSA) is 0 Å². The summed E-state index contributed by atoms with van der Waals surface area (Å²) >= 11 is 3.30. The van der Waals surface area contributed by atoms with Crippen molar-refractivity contribution in [3.63, 3.8) is 0 Å². The number of hydrogen-bond acceptors (Lipinski definition) is 0. The van der Waals surface area contributed by atoms with E-state index in [9.17, 15) is 0 Å². The third kappa shape index (κ3) is 12.0. The van der Waals surface area contributed by atoms with Gasteiger partial charge < -0.3 is 0 Å². The van der Waals surface area contributed by atoms with Crippen LogP contribution in [0.1, 0.15) is 0 Å². The van der Waals surface area contributed by atoms with Gasteiger partial charge in [-0.3, -0.25) is 0 Å². The van der Waals surface area contributed by atoms with Crippen molar-refractivity contribution < 1.29 is 32.6 Å². The molecule has 32 valence electrons. The molecular formula is C3H3Fe2-. The third-order valence-corrected chi connectivity index (χ3v) is 0.281. The van der Waals surface area contributed by atoms with Crippen molar-refractivity contribution >= 4 is 4.92 Å².